The van der Waals surface area contributed by atoms with Gasteiger partial charge >= 0.3 is 0 Å². The van der Waals surface area contributed by atoms with Crippen molar-refractivity contribution in [3.8, 4) is 29.7 Å². The molecule has 0 heterocycles. The van der Waals surface area contributed by atoms with Gasteiger partial charge in [-0.1, -0.05) is 24.3 Å². The topological polar surface area (TPSA) is 116 Å². The lowest BCUT2D eigenvalue weighted by Crippen LogP contribution is -2.29. The lowest BCUT2D eigenvalue weighted by Gasteiger charge is -2.28. The molecule has 2 atom stereocenters. The molecule has 6 heteroatoms. The van der Waals surface area contributed by atoms with E-state index in [2.05, 4.69) is 18.2 Å². The van der Waals surface area contributed by atoms with Crippen LogP contribution in [0.5, 0.6) is 11.5 Å². The summed E-state index contributed by atoms with van der Waals surface area (Å²) in [6.45, 7) is 0. The van der Waals surface area contributed by atoms with E-state index >= 15 is 0 Å². The average Bonchev–Trinajstić information content (AvgIpc) is 3.01. The van der Waals surface area contributed by atoms with Crippen LogP contribution in [0.1, 0.15) is 23.0 Å². The quantitative estimate of drug-likeness (QED) is 0.882. The van der Waals surface area contributed by atoms with Gasteiger partial charge in [-0.3, -0.25) is 0 Å². The molecule has 0 fully saturated rings. The van der Waals surface area contributed by atoms with E-state index in [9.17, 15) is 15.8 Å². The number of nitriles is 3. The Hall–Kier alpha value is -3.95. The van der Waals surface area contributed by atoms with Crippen molar-refractivity contribution < 1.29 is 9.47 Å². The third kappa shape index (κ3) is 2.71. The molecule has 2 aromatic carbocycles. The van der Waals surface area contributed by atoms with Crippen molar-refractivity contribution in [3.63, 3.8) is 0 Å². The van der Waals surface area contributed by atoms with E-state index in [1.165, 1.54) is 0 Å². The van der Waals surface area contributed by atoms with E-state index in [1.807, 2.05) is 12.1 Å². The molecular weight excluding hydrogens is 352 g/mol. The molecule has 0 unspecified atom stereocenters. The Kier molecular flexibility index (Phi) is 4.94. The zero-order chi connectivity index (χ0) is 20.3. The molecule has 0 saturated heterocycles. The summed E-state index contributed by atoms with van der Waals surface area (Å²) in [7, 11) is 3.13. The van der Waals surface area contributed by atoms with Gasteiger partial charge < -0.3 is 15.2 Å². The molecule has 2 N–H and O–H groups in total. The molecule has 0 amide bonds. The second-order valence-electron chi connectivity index (χ2n) is 6.47. The Balaban J connectivity index is 2.24. The molecule has 1 aliphatic rings. The van der Waals surface area contributed by atoms with Gasteiger partial charge in [-0.05, 0) is 35.4 Å². The zero-order valence-electron chi connectivity index (χ0n) is 15.5. The number of methoxy groups -OCH3 is 2. The Morgan fingerprint density at radius 3 is 1.68 bits per heavy atom. The van der Waals surface area contributed by atoms with Gasteiger partial charge in [-0.25, -0.2) is 0 Å². The highest BCUT2D eigenvalue weighted by Gasteiger charge is 2.56. The summed E-state index contributed by atoms with van der Waals surface area (Å²) in [5, 5.41) is 29.7. The van der Waals surface area contributed by atoms with Gasteiger partial charge in [0.2, 0.25) is 0 Å². The van der Waals surface area contributed by atoms with E-state index in [0.717, 1.165) is 11.1 Å². The fourth-order valence-electron chi connectivity index (χ4n) is 3.80. The summed E-state index contributed by atoms with van der Waals surface area (Å²) in [5.41, 5.74) is 6.37. The van der Waals surface area contributed by atoms with Crippen molar-refractivity contribution in [2.75, 3.05) is 14.2 Å². The van der Waals surface area contributed by atoms with Gasteiger partial charge in [0, 0.05) is 11.8 Å². The molecule has 0 saturated carbocycles. The summed E-state index contributed by atoms with van der Waals surface area (Å²) in [6, 6.07) is 20.7. The van der Waals surface area contributed by atoms with Crippen molar-refractivity contribution in [2.45, 2.75) is 11.8 Å². The number of rotatable bonds is 4. The van der Waals surface area contributed by atoms with Crippen LogP contribution < -0.4 is 15.2 Å². The molecule has 6 nitrogen and oxygen atoms in total. The first kappa shape index (κ1) is 18.8. The first-order valence-corrected chi connectivity index (χ1v) is 8.57. The van der Waals surface area contributed by atoms with E-state index in [-0.39, 0.29) is 11.3 Å². The summed E-state index contributed by atoms with van der Waals surface area (Å²) in [5.74, 6) is 0.175. The number of nitrogens with zero attached hydrogens (tertiary/aromatic N) is 3. The van der Waals surface area contributed by atoms with Gasteiger partial charge in [0.1, 0.15) is 11.5 Å². The minimum atomic E-state index is -1.63. The fourth-order valence-corrected chi connectivity index (χ4v) is 3.80. The number of hydrogen-bond donors (Lipinski definition) is 1. The summed E-state index contributed by atoms with van der Waals surface area (Å²) < 4.78 is 10.4. The van der Waals surface area contributed by atoms with Crippen LogP contribution in [-0.2, 0) is 0 Å². The van der Waals surface area contributed by atoms with Crippen LogP contribution in [0.25, 0.3) is 0 Å². The molecule has 0 bridgehead atoms. The number of allylic oxidation sites excluding steroid dienone is 2. The van der Waals surface area contributed by atoms with Gasteiger partial charge in [0.25, 0.3) is 0 Å². The lowest BCUT2D eigenvalue weighted by molar-refractivity contribution is 0.413. The Morgan fingerprint density at radius 1 is 0.821 bits per heavy atom. The molecule has 3 rings (SSSR count). The van der Waals surface area contributed by atoms with E-state index in [4.69, 9.17) is 15.2 Å². The second kappa shape index (κ2) is 7.35. The SMILES string of the molecule is COc1ccc([C@@H]2[C@H](c3ccc(OC)cc3)C(C#N)=C(N)C2(C#N)C#N)cc1. The van der Waals surface area contributed by atoms with Crippen LogP contribution in [0.15, 0.2) is 59.8 Å². The summed E-state index contributed by atoms with van der Waals surface area (Å²) in [4.78, 5) is 0. The van der Waals surface area contributed by atoms with Gasteiger partial charge in [0.15, 0.2) is 5.41 Å². The Bertz CT molecular complexity index is 1020. The normalized spacial score (nSPS) is 20.0. The lowest BCUT2D eigenvalue weighted by atomic mass is 9.69. The average molecular weight is 370 g/mol. The van der Waals surface area contributed by atoms with Crippen molar-refractivity contribution in [3.05, 3.63) is 70.9 Å². The molecule has 0 aromatic heterocycles. The number of hydrogen-bond acceptors (Lipinski definition) is 6. The second-order valence-corrected chi connectivity index (χ2v) is 6.47. The predicted octanol–water partition coefficient (Wildman–Crippen LogP) is 3.35. The highest BCUT2D eigenvalue weighted by molar-refractivity contribution is 5.59. The molecule has 1 aliphatic carbocycles. The van der Waals surface area contributed by atoms with E-state index in [0.29, 0.717) is 11.5 Å². The summed E-state index contributed by atoms with van der Waals surface area (Å²) in [6.07, 6.45) is 0. The maximum Gasteiger partial charge on any atom is 0.191 e. The van der Waals surface area contributed by atoms with Crippen LogP contribution in [0.3, 0.4) is 0 Å². The van der Waals surface area contributed by atoms with Crippen LogP contribution in [-0.4, -0.2) is 14.2 Å². The maximum atomic E-state index is 9.94. The van der Waals surface area contributed by atoms with Gasteiger partial charge in [0.05, 0.1) is 43.7 Å². The van der Waals surface area contributed by atoms with Crippen LogP contribution >= 0.6 is 0 Å². The third-order valence-electron chi connectivity index (χ3n) is 5.25. The Morgan fingerprint density at radius 2 is 1.29 bits per heavy atom. The van der Waals surface area contributed by atoms with E-state index < -0.39 is 17.3 Å². The standard InChI is InChI=1S/C22H18N4O2/c1-27-16-7-3-14(4-8-16)19-18(11-23)21(26)22(12-24,13-25)20(19)15-5-9-17(28-2)10-6-15/h3-10,19-20H,26H2,1-2H3/t19-,20-/m1/s1. The van der Waals surface area contributed by atoms with Crippen molar-refractivity contribution in [1.82, 2.24) is 0 Å². The first-order valence-electron chi connectivity index (χ1n) is 8.57. The predicted molar refractivity (Wildman–Crippen MR) is 102 cm³/mol. The van der Waals surface area contributed by atoms with E-state index in [1.54, 1.807) is 50.6 Å². The molecule has 0 radical (unpaired) electrons. The molecule has 0 aliphatic heterocycles. The third-order valence-corrected chi connectivity index (χ3v) is 5.25. The minimum absolute atomic E-state index is 0.0154. The summed E-state index contributed by atoms with van der Waals surface area (Å²) >= 11 is 0. The van der Waals surface area contributed by atoms with Crippen molar-refractivity contribution in [1.29, 1.82) is 15.8 Å². The van der Waals surface area contributed by atoms with Crippen LogP contribution in [0.2, 0.25) is 0 Å². The highest BCUT2D eigenvalue weighted by atomic mass is 16.5. The molecule has 2 aromatic rings. The largest absolute Gasteiger partial charge is 0.497 e. The smallest absolute Gasteiger partial charge is 0.191 e. The molecule has 28 heavy (non-hydrogen) atoms. The maximum absolute atomic E-state index is 9.94. The number of nitrogens with two attached hydrogens (primary N) is 1. The number of ether oxygens (including phenoxy) is 2. The number of benzene rings is 2. The zero-order valence-corrected chi connectivity index (χ0v) is 15.5. The van der Waals surface area contributed by atoms with Gasteiger partial charge in [-0.2, -0.15) is 15.8 Å². The highest BCUT2D eigenvalue weighted by Crippen LogP contribution is 2.57. The fraction of sp³-hybridized carbons (Fsp3) is 0.227. The molecular formula is C22H18N4O2. The molecule has 0 spiro atoms. The Labute approximate surface area is 163 Å². The minimum Gasteiger partial charge on any atom is -0.497 e. The first-order chi connectivity index (χ1) is 13.6. The monoisotopic (exact) mass is 370 g/mol. The van der Waals surface area contributed by atoms with Crippen molar-refractivity contribution in [2.24, 2.45) is 11.1 Å². The van der Waals surface area contributed by atoms with Crippen molar-refractivity contribution >= 4 is 0 Å². The van der Waals surface area contributed by atoms with Crippen LogP contribution in [0.4, 0.5) is 0 Å². The molecule has 138 valence electrons. The van der Waals surface area contributed by atoms with Gasteiger partial charge in [-0.15, -0.1) is 0 Å². The van der Waals surface area contributed by atoms with Crippen LogP contribution in [0, 0.1) is 39.4 Å².